The van der Waals surface area contributed by atoms with Crippen LogP contribution in [0.1, 0.15) is 116 Å². The Balaban J connectivity index is 2.32. The molecule has 3 aromatic rings. The Morgan fingerprint density at radius 2 is 0.639 bits per heavy atom. The second-order valence-electron chi connectivity index (χ2n) is 14.6. The highest BCUT2D eigenvalue weighted by atomic mass is 16.1. The van der Waals surface area contributed by atoms with Gasteiger partial charge in [-0.15, -0.1) is 0 Å². The van der Waals surface area contributed by atoms with E-state index in [4.69, 9.17) is 0 Å². The minimum absolute atomic E-state index is 0.0315. The number of hydrogen-bond acceptors (Lipinski definition) is 1. The Morgan fingerprint density at radius 3 is 0.861 bits per heavy atom. The van der Waals surface area contributed by atoms with Crippen LogP contribution in [0.15, 0.2) is 54.6 Å². The third kappa shape index (κ3) is 6.36. The average Bonchev–Trinajstić information content (AvgIpc) is 2.75. The molecule has 36 heavy (non-hydrogen) atoms. The molecule has 3 rings (SSSR count). The SMILES string of the molecule is CC(C)(C)c1cc(-c2cc(C=O)cc(-c3cc(C(C)(C)C)cc(C(C)(C)C)c3)c2)cc(C(C)(C)C)c1. The third-order valence-corrected chi connectivity index (χ3v) is 7.09. The summed E-state index contributed by atoms with van der Waals surface area (Å²) in [4.78, 5) is 12.1. The highest BCUT2D eigenvalue weighted by Crippen LogP contribution is 2.38. The summed E-state index contributed by atoms with van der Waals surface area (Å²) in [6.07, 6.45) is 0.976. The maximum absolute atomic E-state index is 12.1. The van der Waals surface area contributed by atoms with Crippen LogP contribution in [0.3, 0.4) is 0 Å². The predicted octanol–water partition coefficient (Wildman–Crippen LogP) is 10.0. The first kappa shape index (κ1) is 27.9. The highest BCUT2D eigenvalue weighted by Gasteiger charge is 2.23. The van der Waals surface area contributed by atoms with Crippen molar-refractivity contribution in [3.05, 3.63) is 82.4 Å². The second kappa shape index (κ2) is 9.33. The Hall–Kier alpha value is -2.67. The summed E-state index contributed by atoms with van der Waals surface area (Å²) in [7, 11) is 0. The van der Waals surface area contributed by atoms with Crippen LogP contribution in [0.2, 0.25) is 0 Å². The average molecular weight is 483 g/mol. The number of benzene rings is 3. The van der Waals surface area contributed by atoms with Gasteiger partial charge in [0.25, 0.3) is 0 Å². The third-order valence-electron chi connectivity index (χ3n) is 7.09. The van der Waals surface area contributed by atoms with Crippen LogP contribution in [0.4, 0.5) is 0 Å². The van der Waals surface area contributed by atoms with Crippen LogP contribution in [0, 0.1) is 0 Å². The predicted molar refractivity (Wildman–Crippen MR) is 158 cm³/mol. The Morgan fingerprint density at radius 1 is 0.389 bits per heavy atom. The fourth-order valence-corrected chi connectivity index (χ4v) is 4.37. The van der Waals surface area contributed by atoms with Crippen molar-refractivity contribution < 1.29 is 4.79 Å². The summed E-state index contributed by atoms with van der Waals surface area (Å²) >= 11 is 0. The maximum Gasteiger partial charge on any atom is 0.150 e. The van der Waals surface area contributed by atoms with Crippen molar-refractivity contribution in [1.29, 1.82) is 0 Å². The lowest BCUT2D eigenvalue weighted by atomic mass is 9.78. The van der Waals surface area contributed by atoms with Crippen LogP contribution in [-0.2, 0) is 21.7 Å². The van der Waals surface area contributed by atoms with E-state index >= 15 is 0 Å². The monoisotopic (exact) mass is 482 g/mol. The minimum atomic E-state index is 0.0315. The van der Waals surface area contributed by atoms with E-state index in [9.17, 15) is 4.79 Å². The first-order chi connectivity index (χ1) is 16.3. The smallest absolute Gasteiger partial charge is 0.150 e. The number of aldehydes is 1. The van der Waals surface area contributed by atoms with Gasteiger partial charge < -0.3 is 0 Å². The molecular formula is C35H46O. The van der Waals surface area contributed by atoms with Gasteiger partial charge in [0.15, 0.2) is 0 Å². The zero-order valence-electron chi connectivity index (χ0n) is 24.7. The first-order valence-corrected chi connectivity index (χ1v) is 13.2. The fraction of sp³-hybridized carbons (Fsp3) is 0.457. The van der Waals surface area contributed by atoms with Crippen LogP contribution < -0.4 is 0 Å². The molecule has 0 atom stereocenters. The van der Waals surface area contributed by atoms with Crippen molar-refractivity contribution in [3.8, 4) is 22.3 Å². The van der Waals surface area contributed by atoms with E-state index < -0.39 is 0 Å². The molecule has 0 amide bonds. The summed E-state index contributed by atoms with van der Waals surface area (Å²) in [6, 6.07) is 20.2. The van der Waals surface area contributed by atoms with E-state index in [1.54, 1.807) is 0 Å². The zero-order chi connectivity index (χ0) is 27.3. The van der Waals surface area contributed by atoms with Gasteiger partial charge in [-0.2, -0.15) is 0 Å². The van der Waals surface area contributed by atoms with E-state index in [1.807, 2.05) is 12.1 Å². The lowest BCUT2D eigenvalue weighted by Crippen LogP contribution is -2.16. The first-order valence-electron chi connectivity index (χ1n) is 13.2. The van der Waals surface area contributed by atoms with Gasteiger partial charge in [0.2, 0.25) is 0 Å². The number of carbonyl (C=O) groups excluding carboxylic acids is 1. The summed E-state index contributed by atoms with van der Waals surface area (Å²) < 4.78 is 0. The van der Waals surface area contributed by atoms with E-state index in [-0.39, 0.29) is 21.7 Å². The highest BCUT2D eigenvalue weighted by molar-refractivity contribution is 5.85. The molecule has 0 N–H and O–H groups in total. The summed E-state index contributed by atoms with van der Waals surface area (Å²) in [5, 5.41) is 0. The molecule has 0 heterocycles. The number of rotatable bonds is 3. The van der Waals surface area contributed by atoms with Crippen molar-refractivity contribution in [2.45, 2.75) is 105 Å². The molecule has 3 aromatic carbocycles. The van der Waals surface area contributed by atoms with E-state index in [1.165, 1.54) is 33.4 Å². The van der Waals surface area contributed by atoms with Gasteiger partial charge in [-0.3, -0.25) is 4.79 Å². The van der Waals surface area contributed by atoms with Crippen LogP contribution >= 0.6 is 0 Å². The van der Waals surface area contributed by atoms with Gasteiger partial charge in [0.1, 0.15) is 6.29 Å². The molecule has 0 fully saturated rings. The van der Waals surface area contributed by atoms with Crippen LogP contribution in [0.5, 0.6) is 0 Å². The molecule has 0 aliphatic heterocycles. The molecule has 0 radical (unpaired) electrons. The van der Waals surface area contributed by atoms with Gasteiger partial charge in [-0.1, -0.05) is 119 Å². The van der Waals surface area contributed by atoms with Crippen molar-refractivity contribution in [1.82, 2.24) is 0 Å². The Kier molecular flexibility index (Phi) is 7.23. The molecule has 0 bridgehead atoms. The normalized spacial score (nSPS) is 13.1. The van der Waals surface area contributed by atoms with Gasteiger partial charge in [-0.25, -0.2) is 0 Å². The number of carbonyl (C=O) groups is 1. The largest absolute Gasteiger partial charge is 0.298 e. The van der Waals surface area contributed by atoms with Crippen molar-refractivity contribution in [2.24, 2.45) is 0 Å². The standard InChI is InChI=1S/C35H46O/c1-32(2,3)28-16-26(17-29(20-28)33(4,5)6)24-13-23(22-36)14-25(15-24)27-18-30(34(7,8)9)21-31(19-27)35(10,11)12/h13-22H,1-12H3. The molecule has 0 aliphatic carbocycles. The van der Waals surface area contributed by atoms with E-state index in [0.717, 1.165) is 17.4 Å². The van der Waals surface area contributed by atoms with Crippen LogP contribution in [0.25, 0.3) is 22.3 Å². The summed E-state index contributed by atoms with van der Waals surface area (Å²) in [6.45, 7) is 27.1. The molecular weight excluding hydrogens is 436 g/mol. The van der Waals surface area contributed by atoms with E-state index in [2.05, 4.69) is 126 Å². The molecule has 0 spiro atoms. The van der Waals surface area contributed by atoms with Crippen LogP contribution in [-0.4, -0.2) is 6.29 Å². The summed E-state index contributed by atoms with van der Waals surface area (Å²) in [5.74, 6) is 0. The molecule has 0 unspecified atom stereocenters. The van der Waals surface area contributed by atoms with Gasteiger partial charge >= 0.3 is 0 Å². The summed E-state index contributed by atoms with van der Waals surface area (Å²) in [5.41, 5.74) is 10.6. The minimum Gasteiger partial charge on any atom is -0.298 e. The zero-order valence-corrected chi connectivity index (χ0v) is 24.7. The molecule has 0 aliphatic rings. The molecule has 0 aromatic heterocycles. The topological polar surface area (TPSA) is 17.1 Å². The lowest BCUT2D eigenvalue weighted by Gasteiger charge is -2.27. The van der Waals surface area contributed by atoms with E-state index in [0.29, 0.717) is 5.56 Å². The van der Waals surface area contributed by atoms with Crippen molar-refractivity contribution in [2.75, 3.05) is 0 Å². The van der Waals surface area contributed by atoms with Crippen molar-refractivity contribution >= 4 is 6.29 Å². The molecule has 0 saturated carbocycles. The van der Waals surface area contributed by atoms with Crippen molar-refractivity contribution in [3.63, 3.8) is 0 Å². The number of hydrogen-bond donors (Lipinski definition) is 0. The fourth-order valence-electron chi connectivity index (χ4n) is 4.37. The van der Waals surface area contributed by atoms with Gasteiger partial charge in [0.05, 0.1) is 0 Å². The second-order valence-corrected chi connectivity index (χ2v) is 14.6. The Labute approximate surface area is 220 Å². The van der Waals surface area contributed by atoms with Gasteiger partial charge in [0, 0.05) is 5.56 Å². The Bertz CT molecular complexity index is 1100. The molecule has 192 valence electrons. The molecule has 1 nitrogen and oxygen atoms in total. The maximum atomic E-state index is 12.1. The molecule has 1 heteroatoms. The van der Waals surface area contributed by atoms with Gasteiger partial charge in [-0.05, 0) is 84.4 Å². The quantitative estimate of drug-likeness (QED) is 0.339. The molecule has 0 saturated heterocycles. The lowest BCUT2D eigenvalue weighted by molar-refractivity contribution is 0.112.